The van der Waals surface area contributed by atoms with E-state index in [1.807, 2.05) is 22.6 Å². The minimum Gasteiger partial charge on any atom is -0.276 e. The molecular formula is C20H19N5O3S. The lowest BCUT2D eigenvalue weighted by atomic mass is 10.2. The molecule has 0 atom stereocenters. The number of unbranched alkanes of at least 4 members (excludes halogenated alkanes) is 1. The van der Waals surface area contributed by atoms with Crippen molar-refractivity contribution in [2.24, 2.45) is 0 Å². The van der Waals surface area contributed by atoms with Gasteiger partial charge in [0.05, 0.1) is 15.8 Å². The van der Waals surface area contributed by atoms with Crippen LogP contribution >= 0.6 is 11.8 Å². The van der Waals surface area contributed by atoms with Crippen molar-refractivity contribution in [2.75, 3.05) is 0 Å². The molecule has 0 N–H and O–H groups in total. The summed E-state index contributed by atoms with van der Waals surface area (Å²) in [6.45, 7) is 2.64. The molecule has 0 fully saturated rings. The van der Waals surface area contributed by atoms with E-state index >= 15 is 0 Å². The Bertz CT molecular complexity index is 1260. The molecule has 2 aromatic heterocycles. The van der Waals surface area contributed by atoms with Gasteiger partial charge < -0.3 is 0 Å². The van der Waals surface area contributed by atoms with Crippen LogP contribution in [-0.2, 0) is 12.3 Å². The molecule has 4 rings (SSSR count). The van der Waals surface area contributed by atoms with E-state index < -0.39 is 0 Å². The number of nitrogens with zero attached hydrogens (tertiary/aromatic N) is 5. The topological polar surface area (TPSA) is 95.3 Å². The Morgan fingerprint density at radius 1 is 1.10 bits per heavy atom. The molecule has 8 nitrogen and oxygen atoms in total. The second-order valence-corrected chi connectivity index (χ2v) is 7.56. The molecule has 0 aliphatic carbocycles. The van der Waals surface area contributed by atoms with Gasteiger partial charge in [0, 0.05) is 23.9 Å². The van der Waals surface area contributed by atoms with E-state index in [2.05, 4.69) is 17.1 Å². The third-order valence-electron chi connectivity index (χ3n) is 4.76. The summed E-state index contributed by atoms with van der Waals surface area (Å²) >= 11 is 1.36. The average molecular weight is 409 g/mol. The fourth-order valence-corrected chi connectivity index (χ4v) is 4.23. The summed E-state index contributed by atoms with van der Waals surface area (Å²) in [5.41, 5.74) is 1.35. The Morgan fingerprint density at radius 3 is 2.66 bits per heavy atom. The van der Waals surface area contributed by atoms with Crippen LogP contribution in [0.25, 0.3) is 16.7 Å². The quantitative estimate of drug-likeness (QED) is 0.260. The van der Waals surface area contributed by atoms with Crippen LogP contribution in [-0.4, -0.2) is 24.1 Å². The summed E-state index contributed by atoms with van der Waals surface area (Å²) in [6, 6.07) is 14.0. The van der Waals surface area contributed by atoms with Crippen LogP contribution in [0, 0.1) is 10.1 Å². The van der Waals surface area contributed by atoms with Gasteiger partial charge in [0.2, 0.25) is 5.78 Å². The minimum atomic E-state index is -0.379. The van der Waals surface area contributed by atoms with Crippen LogP contribution in [0.4, 0.5) is 5.69 Å². The van der Waals surface area contributed by atoms with Gasteiger partial charge in [-0.1, -0.05) is 55.4 Å². The Labute approximate surface area is 170 Å². The predicted molar refractivity (Wildman–Crippen MR) is 112 cm³/mol. The molecule has 2 heterocycles. The van der Waals surface area contributed by atoms with E-state index in [0.29, 0.717) is 34.2 Å². The number of aryl methyl sites for hydroxylation is 1. The number of fused-ring (bicyclic) bond motifs is 3. The first kappa shape index (κ1) is 19.1. The van der Waals surface area contributed by atoms with Crippen LogP contribution in [0.2, 0.25) is 0 Å². The molecule has 29 heavy (non-hydrogen) atoms. The number of benzene rings is 2. The van der Waals surface area contributed by atoms with E-state index in [0.717, 1.165) is 18.4 Å². The molecule has 0 spiro atoms. The number of thioether (sulfide) groups is 1. The first-order valence-electron chi connectivity index (χ1n) is 9.33. The maximum atomic E-state index is 13.0. The fraction of sp³-hybridized carbons (Fsp3) is 0.250. The first-order valence-corrected chi connectivity index (χ1v) is 10.3. The number of para-hydroxylation sites is 2. The van der Waals surface area contributed by atoms with Gasteiger partial charge in [0.25, 0.3) is 11.2 Å². The highest BCUT2D eigenvalue weighted by Gasteiger charge is 2.18. The Balaban J connectivity index is 1.82. The third kappa shape index (κ3) is 3.49. The summed E-state index contributed by atoms with van der Waals surface area (Å²) in [5.74, 6) is 0.868. The molecule has 0 saturated heterocycles. The van der Waals surface area contributed by atoms with Gasteiger partial charge in [0.15, 0.2) is 5.16 Å². The molecule has 9 heteroatoms. The summed E-state index contributed by atoms with van der Waals surface area (Å²) in [4.78, 5) is 23.9. The number of hydrogen-bond donors (Lipinski definition) is 0. The van der Waals surface area contributed by atoms with E-state index in [1.54, 1.807) is 28.8 Å². The summed E-state index contributed by atoms with van der Waals surface area (Å²) in [6.07, 6.45) is 1.82. The lowest BCUT2D eigenvalue weighted by molar-refractivity contribution is -0.385. The molecule has 148 valence electrons. The highest BCUT2D eigenvalue weighted by atomic mass is 32.2. The van der Waals surface area contributed by atoms with Crippen LogP contribution in [0.15, 0.2) is 58.5 Å². The average Bonchev–Trinajstić information content (AvgIpc) is 3.16. The van der Waals surface area contributed by atoms with Crippen LogP contribution in [0.1, 0.15) is 25.3 Å². The van der Waals surface area contributed by atoms with E-state index in [1.165, 1.54) is 17.8 Å². The molecule has 2 aromatic carbocycles. The molecule has 0 aliphatic heterocycles. The van der Waals surface area contributed by atoms with Crippen molar-refractivity contribution in [2.45, 2.75) is 37.2 Å². The van der Waals surface area contributed by atoms with Gasteiger partial charge >= 0.3 is 0 Å². The first-order chi connectivity index (χ1) is 14.1. The summed E-state index contributed by atoms with van der Waals surface area (Å²) in [5, 5.41) is 21.0. The fourth-order valence-electron chi connectivity index (χ4n) is 3.30. The van der Waals surface area contributed by atoms with Gasteiger partial charge in [-0.15, -0.1) is 10.2 Å². The second kappa shape index (κ2) is 8.04. The standard InChI is InChI=1S/C20H19N5O3S/c1-2-3-12-23-18(26)15-9-5-7-11-17(15)24-19(23)21-22-20(24)29-13-14-8-4-6-10-16(14)25(27)28/h4-11H,2-3,12-13H2,1H3. The molecular weight excluding hydrogens is 390 g/mol. The maximum absolute atomic E-state index is 13.0. The van der Waals surface area contributed by atoms with Crippen molar-refractivity contribution in [3.8, 4) is 0 Å². The number of rotatable bonds is 7. The molecule has 0 saturated carbocycles. The van der Waals surface area contributed by atoms with E-state index in [-0.39, 0.29) is 16.2 Å². The molecule has 0 unspecified atom stereocenters. The number of nitro groups is 1. The summed E-state index contributed by atoms with van der Waals surface area (Å²) < 4.78 is 3.53. The SMILES string of the molecule is CCCCn1c(=O)c2ccccc2n2c(SCc3ccccc3[N+](=O)[O-])nnc12. The smallest absolute Gasteiger partial charge is 0.273 e. The van der Waals surface area contributed by atoms with Crippen molar-refractivity contribution < 1.29 is 4.92 Å². The van der Waals surface area contributed by atoms with Gasteiger partial charge in [-0.05, 0) is 18.6 Å². The molecule has 4 aromatic rings. The Hall–Kier alpha value is -3.20. The molecule has 0 bridgehead atoms. The lowest BCUT2D eigenvalue weighted by Gasteiger charge is -2.10. The van der Waals surface area contributed by atoms with Crippen molar-refractivity contribution in [3.63, 3.8) is 0 Å². The summed E-state index contributed by atoms with van der Waals surface area (Å²) in [7, 11) is 0. The Kier molecular flexibility index (Phi) is 5.30. The van der Waals surface area contributed by atoms with Crippen molar-refractivity contribution in [3.05, 3.63) is 74.6 Å². The molecule has 0 amide bonds. The zero-order chi connectivity index (χ0) is 20.4. The highest BCUT2D eigenvalue weighted by molar-refractivity contribution is 7.98. The molecule has 0 radical (unpaired) electrons. The highest BCUT2D eigenvalue weighted by Crippen LogP contribution is 2.28. The molecule has 0 aliphatic rings. The maximum Gasteiger partial charge on any atom is 0.273 e. The van der Waals surface area contributed by atoms with Crippen LogP contribution < -0.4 is 5.56 Å². The predicted octanol–water partition coefficient (Wildman–Crippen LogP) is 4.04. The van der Waals surface area contributed by atoms with Crippen molar-refractivity contribution >= 4 is 34.1 Å². The number of aromatic nitrogens is 4. The van der Waals surface area contributed by atoms with E-state index in [4.69, 9.17) is 0 Å². The van der Waals surface area contributed by atoms with Gasteiger partial charge in [-0.2, -0.15) is 0 Å². The lowest BCUT2D eigenvalue weighted by Crippen LogP contribution is -2.23. The zero-order valence-corrected chi connectivity index (χ0v) is 16.6. The van der Waals surface area contributed by atoms with Gasteiger partial charge in [-0.3, -0.25) is 23.9 Å². The van der Waals surface area contributed by atoms with Crippen molar-refractivity contribution in [1.29, 1.82) is 0 Å². The van der Waals surface area contributed by atoms with Gasteiger partial charge in [0.1, 0.15) is 0 Å². The zero-order valence-electron chi connectivity index (χ0n) is 15.8. The largest absolute Gasteiger partial charge is 0.276 e. The van der Waals surface area contributed by atoms with Crippen LogP contribution in [0.5, 0.6) is 0 Å². The normalized spacial score (nSPS) is 11.3. The van der Waals surface area contributed by atoms with Gasteiger partial charge in [-0.25, -0.2) is 0 Å². The number of hydrogen-bond acceptors (Lipinski definition) is 6. The van der Waals surface area contributed by atoms with Crippen molar-refractivity contribution in [1.82, 2.24) is 19.2 Å². The van der Waals surface area contributed by atoms with E-state index in [9.17, 15) is 14.9 Å². The Morgan fingerprint density at radius 2 is 1.86 bits per heavy atom. The minimum absolute atomic E-state index is 0.0794. The second-order valence-electron chi connectivity index (χ2n) is 6.62. The van der Waals surface area contributed by atoms with Crippen LogP contribution in [0.3, 0.4) is 0 Å². The monoisotopic (exact) mass is 409 g/mol. The number of nitro benzene ring substituents is 1. The third-order valence-corrected chi connectivity index (χ3v) is 5.74.